The molecule has 7 nitrogen and oxygen atoms in total. The predicted molar refractivity (Wildman–Crippen MR) is 195 cm³/mol. The first-order chi connectivity index (χ1) is 24.0. The summed E-state index contributed by atoms with van der Waals surface area (Å²) in [7, 11) is 3.83. The summed E-state index contributed by atoms with van der Waals surface area (Å²) in [5.41, 5.74) is 4.99. The number of benzene rings is 5. The van der Waals surface area contributed by atoms with Crippen LogP contribution in [0.3, 0.4) is 0 Å². The Hall–Kier alpha value is -5.53. The highest BCUT2D eigenvalue weighted by atomic mass is 16.7. The quantitative estimate of drug-likeness (QED) is 0.131. The maximum absolute atomic E-state index is 13.4. The summed E-state index contributed by atoms with van der Waals surface area (Å²) in [6.07, 6.45) is 1.02. The smallest absolute Gasteiger partial charge is 0.305 e. The first-order valence-corrected chi connectivity index (χ1v) is 16.7. The van der Waals surface area contributed by atoms with E-state index in [4.69, 9.17) is 18.6 Å². The van der Waals surface area contributed by atoms with Gasteiger partial charge in [-0.1, -0.05) is 85.8 Å². The molecule has 248 valence electrons. The van der Waals surface area contributed by atoms with E-state index in [-0.39, 0.29) is 5.43 Å². The van der Waals surface area contributed by atoms with Gasteiger partial charge in [0.2, 0.25) is 5.75 Å². The Kier molecular flexibility index (Phi) is 9.09. The third kappa shape index (κ3) is 6.37. The molecule has 0 saturated carbocycles. The average molecular weight is 653 g/mol. The number of hydrogen-bond donors (Lipinski definition) is 0. The predicted octanol–water partition coefficient (Wildman–Crippen LogP) is 8.49. The minimum Gasteiger partial charge on any atom is -0.496 e. The zero-order valence-electron chi connectivity index (χ0n) is 28.1. The van der Waals surface area contributed by atoms with Crippen molar-refractivity contribution >= 4 is 16.7 Å². The van der Waals surface area contributed by atoms with Crippen molar-refractivity contribution in [1.82, 2.24) is 4.90 Å². The highest BCUT2D eigenvalue weighted by Gasteiger charge is 2.46. The van der Waals surface area contributed by atoms with Crippen LogP contribution in [0.4, 0.5) is 5.69 Å². The summed E-state index contributed by atoms with van der Waals surface area (Å²) in [5, 5.41) is 0.436. The van der Waals surface area contributed by atoms with Crippen LogP contribution < -0.4 is 24.5 Å². The average Bonchev–Trinajstić information content (AvgIpc) is 3.57. The topological polar surface area (TPSA) is 64.4 Å². The second-order valence-corrected chi connectivity index (χ2v) is 12.3. The molecule has 6 aromatic rings. The number of methoxy groups -OCH3 is 1. The lowest BCUT2D eigenvalue weighted by atomic mass is 9.97. The van der Waals surface area contributed by atoms with Gasteiger partial charge in [0.1, 0.15) is 11.5 Å². The van der Waals surface area contributed by atoms with E-state index in [2.05, 4.69) is 48.0 Å². The van der Waals surface area contributed by atoms with Crippen LogP contribution in [0.5, 0.6) is 17.2 Å². The fraction of sp³-hybridized carbons (Fsp3) is 0.214. The van der Waals surface area contributed by atoms with E-state index in [1.165, 1.54) is 5.56 Å². The number of ether oxygens (including phenoxy) is 3. The number of para-hydroxylation sites is 1. The standard InChI is InChI=1S/C42H40N2O5/c1-4-44(29-31-14-11-12-19-37(31)46-3)27-13-26-43(2)34-22-20-30(21-23-34)39-28-36(45)35-24-25-38-41(40(35)47-39)49-42(48-38,32-15-7-5-8-16-32)33-17-9-6-10-18-33/h5-12,14-25,28H,4,13,26-27,29H2,1-3H3. The summed E-state index contributed by atoms with van der Waals surface area (Å²) in [6, 6.07) is 41.0. The number of nitrogens with zero attached hydrogens (tertiary/aromatic N) is 2. The maximum atomic E-state index is 13.4. The lowest BCUT2D eigenvalue weighted by Crippen LogP contribution is -2.36. The second kappa shape index (κ2) is 13.9. The first-order valence-electron chi connectivity index (χ1n) is 16.7. The third-order valence-corrected chi connectivity index (χ3v) is 9.22. The van der Waals surface area contributed by atoms with Crippen molar-refractivity contribution in [2.75, 3.05) is 38.7 Å². The zero-order valence-corrected chi connectivity index (χ0v) is 28.1. The van der Waals surface area contributed by atoms with E-state index in [0.29, 0.717) is 28.2 Å². The molecule has 2 heterocycles. The second-order valence-electron chi connectivity index (χ2n) is 12.3. The Morgan fingerprint density at radius 3 is 2.10 bits per heavy atom. The number of anilines is 1. The molecule has 0 radical (unpaired) electrons. The monoisotopic (exact) mass is 652 g/mol. The summed E-state index contributed by atoms with van der Waals surface area (Å²) in [5.74, 6) is 1.10. The van der Waals surface area contributed by atoms with E-state index >= 15 is 0 Å². The minimum absolute atomic E-state index is 0.144. The molecule has 49 heavy (non-hydrogen) atoms. The normalized spacial score (nSPS) is 13.1. The van der Waals surface area contributed by atoms with E-state index in [1.54, 1.807) is 25.3 Å². The molecule has 5 aromatic carbocycles. The summed E-state index contributed by atoms with van der Waals surface area (Å²) in [4.78, 5) is 18.1. The fourth-order valence-electron chi connectivity index (χ4n) is 6.50. The molecule has 0 N–H and O–H groups in total. The molecule has 0 spiro atoms. The molecule has 1 aromatic heterocycles. The van der Waals surface area contributed by atoms with Gasteiger partial charge in [0.25, 0.3) is 0 Å². The Morgan fingerprint density at radius 2 is 1.43 bits per heavy atom. The Balaban J connectivity index is 1.09. The summed E-state index contributed by atoms with van der Waals surface area (Å²) >= 11 is 0. The van der Waals surface area contributed by atoms with Gasteiger partial charge in [0.15, 0.2) is 16.8 Å². The fourth-order valence-corrected chi connectivity index (χ4v) is 6.50. The Labute approximate surface area is 286 Å². The van der Waals surface area contributed by atoms with Crippen LogP contribution in [-0.2, 0) is 12.3 Å². The zero-order chi connectivity index (χ0) is 33.8. The molecule has 1 aliphatic rings. The summed E-state index contributed by atoms with van der Waals surface area (Å²) < 4.78 is 25.3. The number of fused-ring (bicyclic) bond motifs is 3. The molecule has 0 fully saturated rings. The van der Waals surface area contributed by atoms with Crippen LogP contribution in [0, 0.1) is 0 Å². The largest absolute Gasteiger partial charge is 0.496 e. The lowest BCUT2D eigenvalue weighted by Gasteiger charge is -2.28. The van der Waals surface area contributed by atoms with E-state index in [9.17, 15) is 4.79 Å². The van der Waals surface area contributed by atoms with Crippen LogP contribution in [0.2, 0.25) is 0 Å². The highest BCUT2D eigenvalue weighted by Crippen LogP contribution is 2.50. The molecule has 7 rings (SSSR count). The molecule has 0 amide bonds. The van der Waals surface area contributed by atoms with E-state index in [1.807, 2.05) is 84.9 Å². The van der Waals surface area contributed by atoms with Crippen molar-refractivity contribution < 1.29 is 18.6 Å². The lowest BCUT2D eigenvalue weighted by molar-refractivity contribution is -0.0456. The van der Waals surface area contributed by atoms with Gasteiger partial charge in [0.05, 0.1) is 12.5 Å². The Bertz CT molecular complexity index is 2060. The van der Waals surface area contributed by atoms with Crippen LogP contribution in [0.15, 0.2) is 137 Å². The van der Waals surface area contributed by atoms with Crippen molar-refractivity contribution in [2.24, 2.45) is 0 Å². The van der Waals surface area contributed by atoms with Crippen molar-refractivity contribution in [1.29, 1.82) is 0 Å². The molecule has 0 unspecified atom stereocenters. The van der Waals surface area contributed by atoms with Gasteiger partial charge in [-0.2, -0.15) is 0 Å². The van der Waals surface area contributed by atoms with Crippen LogP contribution in [0.1, 0.15) is 30.0 Å². The third-order valence-electron chi connectivity index (χ3n) is 9.22. The number of rotatable bonds is 12. The van der Waals surface area contributed by atoms with Crippen molar-refractivity contribution in [3.63, 3.8) is 0 Å². The van der Waals surface area contributed by atoms with Gasteiger partial charge in [-0.15, -0.1) is 0 Å². The molecule has 7 heteroatoms. The Morgan fingerprint density at radius 1 is 0.755 bits per heavy atom. The van der Waals surface area contributed by atoms with Gasteiger partial charge in [0, 0.05) is 60.7 Å². The van der Waals surface area contributed by atoms with Gasteiger partial charge >= 0.3 is 5.79 Å². The van der Waals surface area contributed by atoms with Gasteiger partial charge < -0.3 is 23.5 Å². The van der Waals surface area contributed by atoms with Crippen LogP contribution >= 0.6 is 0 Å². The van der Waals surface area contributed by atoms with Gasteiger partial charge in [-0.05, 0) is 55.4 Å². The molecular formula is C42H40N2O5. The van der Waals surface area contributed by atoms with Crippen LogP contribution in [-0.4, -0.2) is 38.7 Å². The van der Waals surface area contributed by atoms with Crippen molar-refractivity contribution in [2.45, 2.75) is 25.7 Å². The van der Waals surface area contributed by atoms with Crippen LogP contribution in [0.25, 0.3) is 22.3 Å². The molecular weight excluding hydrogens is 612 g/mol. The van der Waals surface area contributed by atoms with Crippen molar-refractivity contribution in [3.8, 4) is 28.6 Å². The minimum atomic E-state index is -1.22. The molecule has 0 saturated heterocycles. The molecule has 1 aliphatic heterocycles. The molecule has 0 atom stereocenters. The highest BCUT2D eigenvalue weighted by molar-refractivity contribution is 5.87. The molecule has 0 aliphatic carbocycles. The van der Waals surface area contributed by atoms with Gasteiger partial charge in [-0.25, -0.2) is 0 Å². The number of hydrogen-bond acceptors (Lipinski definition) is 7. The first kappa shape index (κ1) is 32.0. The summed E-state index contributed by atoms with van der Waals surface area (Å²) in [6.45, 7) is 5.90. The van der Waals surface area contributed by atoms with Crippen molar-refractivity contribution in [3.05, 3.63) is 154 Å². The van der Waals surface area contributed by atoms with Gasteiger partial charge in [-0.3, -0.25) is 9.69 Å². The molecule has 0 bridgehead atoms. The van der Waals surface area contributed by atoms with E-state index < -0.39 is 5.79 Å². The SMILES string of the molecule is CCN(CCCN(C)c1ccc(-c2cc(=O)c3ccc4c(c3o2)OC(c2ccccc2)(c2ccccc2)O4)cc1)Cc1ccccc1OC. The van der Waals surface area contributed by atoms with E-state index in [0.717, 1.165) is 60.7 Å². The maximum Gasteiger partial charge on any atom is 0.305 e.